The molecule has 5 rings (SSSR count). The summed E-state index contributed by atoms with van der Waals surface area (Å²) in [5.41, 5.74) is 2.14. The fraction of sp³-hybridized carbons (Fsp3) is 0.417. The van der Waals surface area contributed by atoms with Crippen molar-refractivity contribution >= 4 is 12.0 Å². The van der Waals surface area contributed by atoms with E-state index in [1.54, 1.807) is 36.4 Å². The summed E-state index contributed by atoms with van der Waals surface area (Å²) in [5.74, 6) is -0.531. The van der Waals surface area contributed by atoms with Crippen LogP contribution in [0.3, 0.4) is 0 Å². The Hall–Kier alpha value is -4.57. The summed E-state index contributed by atoms with van der Waals surface area (Å²) in [6.45, 7) is -0.159. The van der Waals surface area contributed by atoms with Crippen molar-refractivity contribution in [1.82, 2.24) is 0 Å². The average molecular weight is 699 g/mol. The average Bonchev–Trinajstić information content (AvgIpc) is 3.52. The van der Waals surface area contributed by atoms with Crippen LogP contribution in [-0.4, -0.2) is 108 Å². The standard InChI is InChI=1S/C36H42O14/c1-44-27-13-19(4-8-24(27)37)6-11-31(40)47-18-30-32(41)33(42)34(43)36(50-30)49-17-23-22(12-20-5-9-25(38)28(14-20)45-2)16-48-35(23)21-7-10-26(39)29(15-21)46-3/h4-11,13-15,22-23,30,32-39,41-43H,12,16-18H2,1-3H3. The lowest BCUT2D eigenvalue weighted by atomic mass is 9.84. The molecule has 50 heavy (non-hydrogen) atoms. The zero-order valence-corrected chi connectivity index (χ0v) is 27.7. The Morgan fingerprint density at radius 3 is 2.14 bits per heavy atom. The quantitative estimate of drug-likeness (QED) is 0.112. The molecule has 8 unspecified atom stereocenters. The normalized spacial score (nSPS) is 26.5. The minimum Gasteiger partial charge on any atom is -0.504 e. The van der Waals surface area contributed by atoms with E-state index in [0.29, 0.717) is 29.9 Å². The Morgan fingerprint density at radius 1 is 0.800 bits per heavy atom. The third-order valence-corrected chi connectivity index (χ3v) is 8.89. The predicted molar refractivity (Wildman–Crippen MR) is 176 cm³/mol. The van der Waals surface area contributed by atoms with Gasteiger partial charge in [0.25, 0.3) is 0 Å². The van der Waals surface area contributed by atoms with Gasteiger partial charge in [-0.1, -0.05) is 18.2 Å². The molecule has 0 aromatic heterocycles. The number of rotatable bonds is 13. The molecule has 2 saturated heterocycles. The van der Waals surface area contributed by atoms with E-state index in [-0.39, 0.29) is 47.2 Å². The molecule has 6 N–H and O–H groups in total. The lowest BCUT2D eigenvalue weighted by Crippen LogP contribution is -2.59. The molecule has 270 valence electrons. The molecule has 2 heterocycles. The summed E-state index contributed by atoms with van der Waals surface area (Å²) in [6, 6.07) is 14.5. The van der Waals surface area contributed by atoms with Crippen LogP contribution in [0.2, 0.25) is 0 Å². The van der Waals surface area contributed by atoms with E-state index in [4.69, 9.17) is 33.2 Å². The van der Waals surface area contributed by atoms with Gasteiger partial charge in [0.05, 0.1) is 40.6 Å². The van der Waals surface area contributed by atoms with E-state index >= 15 is 0 Å². The molecule has 2 fully saturated rings. The van der Waals surface area contributed by atoms with Crippen LogP contribution < -0.4 is 14.2 Å². The number of aliphatic hydroxyl groups is 3. The summed E-state index contributed by atoms with van der Waals surface area (Å²) in [5, 5.41) is 62.1. The molecule has 0 aliphatic carbocycles. The fourth-order valence-electron chi connectivity index (χ4n) is 6.09. The molecular formula is C36H42O14. The van der Waals surface area contributed by atoms with Crippen molar-refractivity contribution in [3.8, 4) is 34.5 Å². The van der Waals surface area contributed by atoms with Crippen LogP contribution in [0.25, 0.3) is 6.08 Å². The number of methoxy groups -OCH3 is 3. The van der Waals surface area contributed by atoms with Gasteiger partial charge in [0.2, 0.25) is 0 Å². The van der Waals surface area contributed by atoms with Crippen molar-refractivity contribution in [3.63, 3.8) is 0 Å². The second-order valence-corrected chi connectivity index (χ2v) is 12.1. The maximum absolute atomic E-state index is 12.5. The lowest BCUT2D eigenvalue weighted by molar-refractivity contribution is -0.304. The molecule has 0 spiro atoms. The number of esters is 1. The second kappa shape index (κ2) is 16.4. The highest BCUT2D eigenvalue weighted by Crippen LogP contribution is 2.43. The van der Waals surface area contributed by atoms with Gasteiger partial charge in [-0.15, -0.1) is 0 Å². The maximum Gasteiger partial charge on any atom is 0.330 e. The molecule has 0 radical (unpaired) electrons. The summed E-state index contributed by atoms with van der Waals surface area (Å²) < 4.78 is 39.0. The van der Waals surface area contributed by atoms with Gasteiger partial charge in [0.15, 0.2) is 40.8 Å². The highest BCUT2D eigenvalue weighted by Gasteiger charge is 2.46. The van der Waals surface area contributed by atoms with E-state index in [1.165, 1.54) is 45.6 Å². The van der Waals surface area contributed by atoms with Crippen molar-refractivity contribution in [3.05, 3.63) is 77.4 Å². The summed E-state index contributed by atoms with van der Waals surface area (Å²) in [7, 11) is 4.30. The van der Waals surface area contributed by atoms with Crippen molar-refractivity contribution in [2.24, 2.45) is 11.8 Å². The number of hydrogen-bond donors (Lipinski definition) is 6. The Kier molecular flexibility index (Phi) is 12.1. The Bertz CT molecular complexity index is 1640. The number of carbonyl (C=O) groups excluding carboxylic acids is 1. The number of benzene rings is 3. The van der Waals surface area contributed by atoms with E-state index in [9.17, 15) is 35.4 Å². The lowest BCUT2D eigenvalue weighted by Gasteiger charge is -2.40. The van der Waals surface area contributed by atoms with Crippen LogP contribution in [0.1, 0.15) is 22.8 Å². The van der Waals surface area contributed by atoms with Crippen molar-refractivity contribution in [1.29, 1.82) is 0 Å². The van der Waals surface area contributed by atoms with Crippen LogP contribution in [0.5, 0.6) is 34.5 Å². The van der Waals surface area contributed by atoms with Crippen molar-refractivity contribution in [2.75, 3.05) is 41.2 Å². The molecule has 0 amide bonds. The van der Waals surface area contributed by atoms with Gasteiger partial charge in [-0.25, -0.2) is 4.79 Å². The number of carbonyl (C=O) groups is 1. The van der Waals surface area contributed by atoms with E-state index in [2.05, 4.69) is 0 Å². The SMILES string of the molecule is COc1cc(C=CC(=O)OCC2OC(OCC3C(Cc4ccc(O)c(OC)c4)COC3c3ccc(O)c(OC)c3)C(O)C(O)C2O)ccc1O. The highest BCUT2D eigenvalue weighted by atomic mass is 16.7. The predicted octanol–water partition coefficient (Wildman–Crippen LogP) is 2.46. The van der Waals surface area contributed by atoms with Crippen LogP contribution in [0.15, 0.2) is 60.7 Å². The zero-order valence-electron chi connectivity index (χ0n) is 27.7. The minimum absolute atomic E-state index is 0.00585. The second-order valence-electron chi connectivity index (χ2n) is 12.1. The van der Waals surface area contributed by atoms with Gasteiger partial charge >= 0.3 is 5.97 Å². The van der Waals surface area contributed by atoms with Crippen molar-refractivity contribution in [2.45, 2.75) is 43.2 Å². The van der Waals surface area contributed by atoms with Gasteiger partial charge in [0.1, 0.15) is 31.0 Å². The summed E-state index contributed by atoms with van der Waals surface area (Å²) in [6.07, 6.45) is -4.96. The van der Waals surface area contributed by atoms with Gasteiger partial charge in [0, 0.05) is 12.0 Å². The molecule has 2 aliphatic rings. The number of ether oxygens (including phenoxy) is 7. The topological polar surface area (TPSA) is 203 Å². The monoisotopic (exact) mass is 698 g/mol. The van der Waals surface area contributed by atoms with Crippen LogP contribution in [-0.2, 0) is 30.2 Å². The molecule has 14 heteroatoms. The fourth-order valence-corrected chi connectivity index (χ4v) is 6.09. The highest BCUT2D eigenvalue weighted by molar-refractivity contribution is 5.87. The van der Waals surface area contributed by atoms with Crippen LogP contribution in [0.4, 0.5) is 0 Å². The van der Waals surface area contributed by atoms with E-state index in [0.717, 1.165) is 11.6 Å². The first-order valence-electron chi connectivity index (χ1n) is 15.9. The third kappa shape index (κ3) is 8.41. The molecule has 14 nitrogen and oxygen atoms in total. The first-order valence-corrected chi connectivity index (χ1v) is 15.9. The number of phenolic OH excluding ortho intramolecular Hbond substituents is 3. The largest absolute Gasteiger partial charge is 0.504 e. The first-order chi connectivity index (χ1) is 24.0. The van der Waals surface area contributed by atoms with Gasteiger partial charge in [-0.2, -0.15) is 0 Å². The Labute approximate surface area is 288 Å². The molecular weight excluding hydrogens is 656 g/mol. The minimum atomic E-state index is -1.67. The zero-order chi connectivity index (χ0) is 35.9. The summed E-state index contributed by atoms with van der Waals surface area (Å²) >= 11 is 0. The van der Waals surface area contributed by atoms with E-state index in [1.807, 2.05) is 0 Å². The number of hydrogen-bond acceptors (Lipinski definition) is 14. The maximum atomic E-state index is 12.5. The van der Waals surface area contributed by atoms with Gasteiger partial charge in [-0.3, -0.25) is 0 Å². The number of phenols is 3. The number of aliphatic hydroxyl groups excluding tert-OH is 3. The Balaban J connectivity index is 1.28. The first kappa shape index (κ1) is 36.7. The smallest absolute Gasteiger partial charge is 0.330 e. The molecule has 8 atom stereocenters. The molecule has 2 aliphatic heterocycles. The van der Waals surface area contributed by atoms with Gasteiger partial charge < -0.3 is 63.8 Å². The summed E-state index contributed by atoms with van der Waals surface area (Å²) in [4.78, 5) is 12.5. The van der Waals surface area contributed by atoms with Crippen LogP contribution >= 0.6 is 0 Å². The van der Waals surface area contributed by atoms with Crippen LogP contribution in [0, 0.1) is 11.8 Å². The van der Waals surface area contributed by atoms with E-state index < -0.39 is 49.4 Å². The molecule has 3 aromatic rings. The van der Waals surface area contributed by atoms with Crippen molar-refractivity contribution < 1.29 is 68.6 Å². The third-order valence-electron chi connectivity index (χ3n) is 8.89. The number of aromatic hydroxyl groups is 3. The molecule has 3 aromatic carbocycles. The van der Waals surface area contributed by atoms with Gasteiger partial charge in [-0.05, 0) is 71.5 Å². The molecule has 0 saturated carbocycles. The Morgan fingerprint density at radius 2 is 1.44 bits per heavy atom. The molecule has 0 bridgehead atoms.